The molecule has 64 valence electrons. The van der Waals surface area contributed by atoms with Crippen LogP contribution in [0.15, 0.2) is 11.6 Å². The van der Waals surface area contributed by atoms with Gasteiger partial charge in [-0.15, -0.1) is 0 Å². The van der Waals surface area contributed by atoms with E-state index in [0.29, 0.717) is 11.6 Å². The Morgan fingerprint density at radius 2 is 2.36 bits per heavy atom. The average Bonchev–Trinajstić information content (AvgIpc) is 2.31. The third kappa shape index (κ3) is 2.81. The summed E-state index contributed by atoms with van der Waals surface area (Å²) in [5.74, 6) is 0. The predicted molar refractivity (Wildman–Crippen MR) is 46.6 cm³/mol. The van der Waals surface area contributed by atoms with Gasteiger partial charge in [-0.3, -0.25) is 0 Å². The van der Waals surface area contributed by atoms with Gasteiger partial charge in [0, 0.05) is 17.6 Å². The van der Waals surface area contributed by atoms with Gasteiger partial charge in [-0.05, 0) is 19.3 Å². The Balaban J connectivity index is 2.20. The molecule has 1 rings (SSSR count). The second-order valence-electron chi connectivity index (χ2n) is 3.00. The maximum absolute atomic E-state index is 9.37. The molecule has 0 spiro atoms. The maximum Gasteiger partial charge on any atom is 0.0693 e. The van der Waals surface area contributed by atoms with E-state index in [9.17, 15) is 5.11 Å². The highest BCUT2D eigenvalue weighted by Crippen LogP contribution is 2.18. The van der Waals surface area contributed by atoms with Gasteiger partial charge in [0.05, 0.1) is 6.10 Å². The number of halogens is 1. The molecule has 0 aliphatic heterocycles. The molecule has 0 saturated heterocycles. The number of hydrogen-bond donors (Lipinski definition) is 2. The Bertz CT molecular complexity index is 149. The van der Waals surface area contributed by atoms with Crippen molar-refractivity contribution >= 4 is 11.6 Å². The first-order valence-electron chi connectivity index (χ1n) is 3.95. The molecule has 0 amide bonds. The summed E-state index contributed by atoms with van der Waals surface area (Å²) in [6.45, 7) is 4.16. The zero-order chi connectivity index (χ0) is 8.27. The van der Waals surface area contributed by atoms with E-state index in [4.69, 9.17) is 11.6 Å². The van der Waals surface area contributed by atoms with Gasteiger partial charge in [0.2, 0.25) is 0 Å². The fourth-order valence-corrected chi connectivity index (χ4v) is 1.50. The van der Waals surface area contributed by atoms with Crippen LogP contribution in [0.5, 0.6) is 0 Å². The van der Waals surface area contributed by atoms with E-state index in [2.05, 4.69) is 11.9 Å². The van der Waals surface area contributed by atoms with E-state index in [1.165, 1.54) is 0 Å². The number of aliphatic hydroxyl groups is 1. The van der Waals surface area contributed by atoms with Gasteiger partial charge in [-0.1, -0.05) is 18.2 Å². The van der Waals surface area contributed by atoms with Crippen LogP contribution in [0.3, 0.4) is 0 Å². The fourth-order valence-electron chi connectivity index (χ4n) is 1.42. The average molecular weight is 176 g/mol. The third-order valence-electron chi connectivity index (χ3n) is 2.04. The molecule has 1 fully saturated rings. The van der Waals surface area contributed by atoms with Crippen LogP contribution in [0, 0.1) is 0 Å². The Morgan fingerprint density at radius 1 is 1.64 bits per heavy atom. The van der Waals surface area contributed by atoms with Crippen molar-refractivity contribution in [3.05, 3.63) is 11.6 Å². The van der Waals surface area contributed by atoms with Crippen molar-refractivity contribution in [1.82, 2.24) is 5.32 Å². The van der Waals surface area contributed by atoms with Crippen molar-refractivity contribution in [2.24, 2.45) is 0 Å². The molecule has 3 heteroatoms. The highest BCUT2D eigenvalue weighted by Gasteiger charge is 2.24. The van der Waals surface area contributed by atoms with E-state index in [0.717, 1.165) is 19.3 Å². The smallest absolute Gasteiger partial charge is 0.0693 e. The standard InChI is InChI=1S/C8H14ClNO/c1-6(9)5-10-7-3-2-4-8(7)11/h7-8,10-11H,1-5H2/t7-,8-/m1/s1. The molecule has 1 aliphatic carbocycles. The first-order valence-corrected chi connectivity index (χ1v) is 4.32. The normalized spacial score (nSPS) is 30.7. The number of hydrogen-bond acceptors (Lipinski definition) is 2. The Labute approximate surface area is 72.2 Å². The lowest BCUT2D eigenvalue weighted by Gasteiger charge is -2.15. The van der Waals surface area contributed by atoms with Crippen molar-refractivity contribution in [3.63, 3.8) is 0 Å². The van der Waals surface area contributed by atoms with Crippen molar-refractivity contribution < 1.29 is 5.11 Å². The molecule has 0 bridgehead atoms. The highest BCUT2D eigenvalue weighted by molar-refractivity contribution is 6.29. The molecular formula is C8H14ClNO. The van der Waals surface area contributed by atoms with E-state index >= 15 is 0 Å². The molecule has 0 heterocycles. The van der Waals surface area contributed by atoms with E-state index in [-0.39, 0.29) is 12.1 Å². The number of aliphatic hydroxyl groups excluding tert-OH is 1. The topological polar surface area (TPSA) is 32.3 Å². The molecule has 2 N–H and O–H groups in total. The molecule has 1 saturated carbocycles. The van der Waals surface area contributed by atoms with Crippen molar-refractivity contribution in [3.8, 4) is 0 Å². The molecule has 1 aliphatic rings. The summed E-state index contributed by atoms with van der Waals surface area (Å²) in [6, 6.07) is 0.227. The van der Waals surface area contributed by atoms with Crippen molar-refractivity contribution in [1.29, 1.82) is 0 Å². The van der Waals surface area contributed by atoms with Crippen LogP contribution in [-0.4, -0.2) is 23.8 Å². The molecule has 2 nitrogen and oxygen atoms in total. The molecule has 0 aromatic carbocycles. The summed E-state index contributed by atoms with van der Waals surface area (Å²) < 4.78 is 0. The number of nitrogens with one attached hydrogen (secondary N) is 1. The Kier molecular flexibility index (Phi) is 3.37. The fraction of sp³-hybridized carbons (Fsp3) is 0.750. The third-order valence-corrected chi connectivity index (χ3v) is 2.17. The van der Waals surface area contributed by atoms with Gasteiger partial charge in [-0.25, -0.2) is 0 Å². The van der Waals surface area contributed by atoms with Gasteiger partial charge >= 0.3 is 0 Å². The van der Waals surface area contributed by atoms with Gasteiger partial charge in [0.25, 0.3) is 0 Å². The molecule has 2 atom stereocenters. The largest absolute Gasteiger partial charge is 0.392 e. The SMILES string of the molecule is C=C(Cl)CN[C@@H]1CCC[C@H]1O. The minimum Gasteiger partial charge on any atom is -0.392 e. The van der Waals surface area contributed by atoms with E-state index in [1.807, 2.05) is 0 Å². The lowest BCUT2D eigenvalue weighted by molar-refractivity contribution is 0.151. The highest BCUT2D eigenvalue weighted by atomic mass is 35.5. The number of rotatable bonds is 3. The first-order chi connectivity index (χ1) is 5.20. The van der Waals surface area contributed by atoms with Gasteiger partial charge < -0.3 is 10.4 Å². The zero-order valence-electron chi connectivity index (χ0n) is 6.52. The zero-order valence-corrected chi connectivity index (χ0v) is 7.27. The molecule has 0 unspecified atom stereocenters. The summed E-state index contributed by atoms with van der Waals surface area (Å²) in [4.78, 5) is 0. The quantitative estimate of drug-likeness (QED) is 0.677. The second-order valence-corrected chi connectivity index (χ2v) is 3.54. The Morgan fingerprint density at radius 3 is 2.82 bits per heavy atom. The van der Waals surface area contributed by atoms with E-state index in [1.54, 1.807) is 0 Å². The molecule has 0 aromatic heterocycles. The maximum atomic E-state index is 9.37. The minimum atomic E-state index is -0.189. The van der Waals surface area contributed by atoms with Crippen molar-refractivity contribution in [2.75, 3.05) is 6.54 Å². The van der Waals surface area contributed by atoms with Gasteiger partial charge in [0.1, 0.15) is 0 Å². The van der Waals surface area contributed by atoms with Crippen LogP contribution in [0.1, 0.15) is 19.3 Å². The summed E-state index contributed by atoms with van der Waals surface area (Å²) in [7, 11) is 0. The van der Waals surface area contributed by atoms with Gasteiger partial charge in [0.15, 0.2) is 0 Å². The van der Waals surface area contributed by atoms with Crippen LogP contribution in [-0.2, 0) is 0 Å². The predicted octanol–water partition coefficient (Wildman–Crippen LogP) is 1.24. The molecular weight excluding hydrogens is 162 g/mol. The lowest BCUT2D eigenvalue weighted by atomic mass is 10.2. The van der Waals surface area contributed by atoms with Crippen LogP contribution < -0.4 is 5.32 Å². The monoisotopic (exact) mass is 175 g/mol. The summed E-state index contributed by atoms with van der Waals surface area (Å²) in [6.07, 6.45) is 2.87. The van der Waals surface area contributed by atoms with Crippen LogP contribution in [0.4, 0.5) is 0 Å². The molecule has 11 heavy (non-hydrogen) atoms. The molecule has 0 radical (unpaired) electrons. The first kappa shape index (κ1) is 9.04. The van der Waals surface area contributed by atoms with Crippen LogP contribution in [0.25, 0.3) is 0 Å². The summed E-state index contributed by atoms with van der Waals surface area (Å²) in [5, 5.41) is 13.1. The van der Waals surface area contributed by atoms with Crippen LogP contribution >= 0.6 is 11.6 Å². The van der Waals surface area contributed by atoms with Crippen LogP contribution in [0.2, 0.25) is 0 Å². The summed E-state index contributed by atoms with van der Waals surface area (Å²) in [5.41, 5.74) is 0. The minimum absolute atomic E-state index is 0.189. The van der Waals surface area contributed by atoms with Gasteiger partial charge in [-0.2, -0.15) is 0 Å². The molecule has 0 aromatic rings. The lowest BCUT2D eigenvalue weighted by Crippen LogP contribution is -2.36. The van der Waals surface area contributed by atoms with E-state index < -0.39 is 0 Å². The Hall–Kier alpha value is -0.0500. The second kappa shape index (κ2) is 4.10. The summed E-state index contributed by atoms with van der Waals surface area (Å²) >= 11 is 5.57. The van der Waals surface area contributed by atoms with Crippen molar-refractivity contribution in [2.45, 2.75) is 31.4 Å².